The third-order valence-corrected chi connectivity index (χ3v) is 5.00. The predicted octanol–water partition coefficient (Wildman–Crippen LogP) is 3.76. The van der Waals surface area contributed by atoms with Gasteiger partial charge in [-0.2, -0.15) is 0 Å². The number of aromatic nitrogens is 3. The standard InChI is InChI=1S/C21H22N4O/c1-14-9-16(12-22-11-14)25(13-20-23-7-8-24-20)21(26)19-10-18(19)17-6-4-3-5-15(17)2/h3-9,11-12,18-19H,10,13H2,1-2H3,(H,23,24)/t18-,19+/m0/s1. The molecule has 1 aromatic carbocycles. The Morgan fingerprint density at radius 1 is 1.27 bits per heavy atom. The van der Waals surface area contributed by atoms with Crippen LogP contribution in [0.4, 0.5) is 5.69 Å². The molecule has 1 N–H and O–H groups in total. The van der Waals surface area contributed by atoms with Crippen LogP contribution in [0.2, 0.25) is 0 Å². The normalized spacial score (nSPS) is 18.5. The number of hydrogen-bond donors (Lipinski definition) is 1. The lowest BCUT2D eigenvalue weighted by atomic mass is 10.0. The highest BCUT2D eigenvalue weighted by Gasteiger charge is 2.46. The molecule has 132 valence electrons. The summed E-state index contributed by atoms with van der Waals surface area (Å²) < 4.78 is 0. The quantitative estimate of drug-likeness (QED) is 0.765. The molecule has 5 nitrogen and oxygen atoms in total. The maximum Gasteiger partial charge on any atom is 0.231 e. The number of aromatic amines is 1. The second-order valence-corrected chi connectivity index (χ2v) is 6.99. The first kappa shape index (κ1) is 16.5. The Labute approximate surface area is 153 Å². The fourth-order valence-electron chi connectivity index (χ4n) is 3.53. The lowest BCUT2D eigenvalue weighted by Crippen LogP contribution is -2.32. The van der Waals surface area contributed by atoms with E-state index >= 15 is 0 Å². The van der Waals surface area contributed by atoms with Gasteiger partial charge in [-0.05, 0) is 48.9 Å². The van der Waals surface area contributed by atoms with Crippen molar-refractivity contribution in [2.75, 3.05) is 4.90 Å². The van der Waals surface area contributed by atoms with Crippen LogP contribution < -0.4 is 4.90 Å². The number of imidazole rings is 1. The SMILES string of the molecule is Cc1cncc(N(Cc2ncc[nH]2)C(=O)[C@@H]2C[C@H]2c2ccccc2C)c1. The van der Waals surface area contributed by atoms with Gasteiger partial charge in [0, 0.05) is 24.5 Å². The van der Waals surface area contributed by atoms with Crippen LogP contribution in [0.15, 0.2) is 55.1 Å². The zero-order chi connectivity index (χ0) is 18.1. The van der Waals surface area contributed by atoms with E-state index in [-0.39, 0.29) is 11.8 Å². The molecule has 0 bridgehead atoms. The maximum atomic E-state index is 13.3. The highest BCUT2D eigenvalue weighted by Crippen LogP contribution is 2.49. The van der Waals surface area contributed by atoms with Crippen LogP contribution in [0.25, 0.3) is 0 Å². The smallest absolute Gasteiger partial charge is 0.231 e. The number of hydrogen-bond acceptors (Lipinski definition) is 3. The summed E-state index contributed by atoms with van der Waals surface area (Å²) in [4.78, 5) is 26.7. The summed E-state index contributed by atoms with van der Waals surface area (Å²) in [5.74, 6) is 1.24. The Kier molecular flexibility index (Phi) is 4.29. The number of amides is 1. The molecule has 26 heavy (non-hydrogen) atoms. The van der Waals surface area contributed by atoms with Crippen LogP contribution in [0.5, 0.6) is 0 Å². The fourth-order valence-corrected chi connectivity index (χ4v) is 3.53. The van der Waals surface area contributed by atoms with Gasteiger partial charge in [0.2, 0.25) is 5.91 Å². The van der Waals surface area contributed by atoms with Crippen molar-refractivity contribution in [2.45, 2.75) is 32.7 Å². The molecule has 2 heterocycles. The van der Waals surface area contributed by atoms with Crippen molar-refractivity contribution < 1.29 is 4.79 Å². The average molecular weight is 346 g/mol. The minimum Gasteiger partial charge on any atom is -0.347 e. The second-order valence-electron chi connectivity index (χ2n) is 6.99. The van der Waals surface area contributed by atoms with Gasteiger partial charge in [-0.3, -0.25) is 9.78 Å². The van der Waals surface area contributed by atoms with Crippen molar-refractivity contribution in [1.29, 1.82) is 0 Å². The molecule has 1 fully saturated rings. The van der Waals surface area contributed by atoms with E-state index < -0.39 is 0 Å². The first-order chi connectivity index (χ1) is 12.6. The summed E-state index contributed by atoms with van der Waals surface area (Å²) in [5, 5.41) is 0. The number of anilines is 1. The molecule has 5 heteroatoms. The number of benzene rings is 1. The Morgan fingerprint density at radius 2 is 2.12 bits per heavy atom. The van der Waals surface area contributed by atoms with Gasteiger partial charge in [-0.15, -0.1) is 0 Å². The van der Waals surface area contributed by atoms with Gasteiger partial charge in [0.1, 0.15) is 5.82 Å². The van der Waals surface area contributed by atoms with E-state index in [1.807, 2.05) is 30.0 Å². The molecule has 0 spiro atoms. The van der Waals surface area contributed by atoms with Crippen LogP contribution in [0.1, 0.15) is 34.9 Å². The summed E-state index contributed by atoms with van der Waals surface area (Å²) in [6, 6.07) is 10.3. The number of nitrogens with zero attached hydrogens (tertiary/aromatic N) is 3. The monoisotopic (exact) mass is 346 g/mol. The lowest BCUT2D eigenvalue weighted by Gasteiger charge is -2.22. The molecule has 1 saturated carbocycles. The molecule has 0 saturated heterocycles. The molecular weight excluding hydrogens is 324 g/mol. The molecule has 2 atom stereocenters. The molecule has 1 amide bonds. The third-order valence-electron chi connectivity index (χ3n) is 5.00. The first-order valence-electron chi connectivity index (χ1n) is 8.90. The van der Waals surface area contributed by atoms with Crippen LogP contribution in [0.3, 0.4) is 0 Å². The molecular formula is C21H22N4O. The predicted molar refractivity (Wildman–Crippen MR) is 101 cm³/mol. The number of rotatable bonds is 5. The zero-order valence-corrected chi connectivity index (χ0v) is 15.0. The molecule has 2 aromatic heterocycles. The van der Waals surface area contributed by atoms with Crippen molar-refractivity contribution in [2.24, 2.45) is 5.92 Å². The average Bonchev–Trinajstić information content (AvgIpc) is 3.26. The second kappa shape index (κ2) is 6.75. The van der Waals surface area contributed by atoms with Gasteiger partial charge in [-0.1, -0.05) is 24.3 Å². The van der Waals surface area contributed by atoms with Gasteiger partial charge >= 0.3 is 0 Å². The highest BCUT2D eigenvalue weighted by molar-refractivity contribution is 5.97. The molecule has 0 radical (unpaired) electrons. The van der Waals surface area contributed by atoms with Crippen LogP contribution in [-0.4, -0.2) is 20.9 Å². The van der Waals surface area contributed by atoms with E-state index in [1.165, 1.54) is 11.1 Å². The van der Waals surface area contributed by atoms with E-state index in [9.17, 15) is 4.79 Å². The van der Waals surface area contributed by atoms with Crippen molar-refractivity contribution >= 4 is 11.6 Å². The van der Waals surface area contributed by atoms with Gasteiger partial charge in [0.05, 0.1) is 18.4 Å². The zero-order valence-electron chi connectivity index (χ0n) is 15.0. The minimum absolute atomic E-state index is 0.0200. The third kappa shape index (κ3) is 3.25. The largest absolute Gasteiger partial charge is 0.347 e. The maximum absolute atomic E-state index is 13.3. The van der Waals surface area contributed by atoms with Crippen LogP contribution >= 0.6 is 0 Å². The topological polar surface area (TPSA) is 61.9 Å². The number of nitrogens with one attached hydrogen (secondary N) is 1. The number of carbonyl (C=O) groups is 1. The molecule has 1 aliphatic carbocycles. The molecule has 3 aromatic rings. The van der Waals surface area contributed by atoms with Crippen molar-refractivity contribution in [3.8, 4) is 0 Å². The lowest BCUT2D eigenvalue weighted by molar-refractivity contribution is -0.120. The van der Waals surface area contributed by atoms with Gasteiger partial charge < -0.3 is 9.88 Å². The number of carbonyl (C=O) groups excluding carboxylic acids is 1. The summed E-state index contributed by atoms with van der Waals surface area (Å²) in [5.41, 5.74) is 4.39. The Morgan fingerprint density at radius 3 is 2.85 bits per heavy atom. The van der Waals surface area contributed by atoms with E-state index in [2.05, 4.69) is 34.0 Å². The summed E-state index contributed by atoms with van der Waals surface area (Å²) in [7, 11) is 0. The number of aryl methyl sites for hydroxylation is 2. The minimum atomic E-state index is 0.0200. The number of pyridine rings is 1. The summed E-state index contributed by atoms with van der Waals surface area (Å²) in [6.07, 6.45) is 7.93. The first-order valence-corrected chi connectivity index (χ1v) is 8.90. The fraction of sp³-hybridized carbons (Fsp3) is 0.286. The van der Waals surface area contributed by atoms with Gasteiger partial charge in [0.25, 0.3) is 0 Å². The van der Waals surface area contributed by atoms with Gasteiger partial charge in [-0.25, -0.2) is 4.98 Å². The summed E-state index contributed by atoms with van der Waals surface area (Å²) >= 11 is 0. The van der Waals surface area contributed by atoms with Crippen molar-refractivity contribution in [3.63, 3.8) is 0 Å². The van der Waals surface area contributed by atoms with E-state index in [0.717, 1.165) is 23.5 Å². The Hall–Kier alpha value is -2.95. The van der Waals surface area contributed by atoms with Crippen molar-refractivity contribution in [1.82, 2.24) is 15.0 Å². The molecule has 0 unspecified atom stereocenters. The van der Waals surface area contributed by atoms with E-state index in [0.29, 0.717) is 12.5 Å². The Balaban J connectivity index is 1.60. The Bertz CT molecular complexity index is 919. The molecule has 4 rings (SSSR count). The van der Waals surface area contributed by atoms with Gasteiger partial charge in [0.15, 0.2) is 0 Å². The van der Waals surface area contributed by atoms with Crippen LogP contribution in [-0.2, 0) is 11.3 Å². The summed E-state index contributed by atoms with van der Waals surface area (Å²) in [6.45, 7) is 4.52. The number of H-pyrrole nitrogens is 1. The van der Waals surface area contributed by atoms with E-state index in [1.54, 1.807) is 24.8 Å². The molecule has 0 aliphatic heterocycles. The van der Waals surface area contributed by atoms with Crippen LogP contribution in [0, 0.1) is 19.8 Å². The van der Waals surface area contributed by atoms with Crippen molar-refractivity contribution in [3.05, 3.63) is 77.6 Å². The molecule has 1 aliphatic rings. The highest BCUT2D eigenvalue weighted by atomic mass is 16.2. The van der Waals surface area contributed by atoms with E-state index in [4.69, 9.17) is 0 Å².